The van der Waals surface area contributed by atoms with Gasteiger partial charge in [-0.25, -0.2) is 9.78 Å². The number of benzene rings is 1. The van der Waals surface area contributed by atoms with Gasteiger partial charge in [0.25, 0.3) is 5.91 Å². The number of esters is 1. The molecule has 2 rings (SSSR count). The van der Waals surface area contributed by atoms with Crippen molar-refractivity contribution in [2.45, 2.75) is 20.3 Å². The minimum Gasteiger partial charge on any atom is -0.490 e. The Hall–Kier alpha value is -2.80. The molecule has 8 heteroatoms. The van der Waals surface area contributed by atoms with Gasteiger partial charge in [-0.2, -0.15) is 0 Å². The zero-order chi connectivity index (χ0) is 19.6. The fourth-order valence-electron chi connectivity index (χ4n) is 2.08. The highest BCUT2D eigenvalue weighted by molar-refractivity contribution is 6.30. The Morgan fingerprint density at radius 3 is 2.59 bits per heavy atom. The fourth-order valence-corrected chi connectivity index (χ4v) is 2.19. The van der Waals surface area contributed by atoms with Gasteiger partial charge in [-0.3, -0.25) is 4.79 Å². The predicted molar refractivity (Wildman–Crippen MR) is 102 cm³/mol. The van der Waals surface area contributed by atoms with Gasteiger partial charge in [0, 0.05) is 6.20 Å². The van der Waals surface area contributed by atoms with Crippen molar-refractivity contribution in [2.24, 2.45) is 0 Å². The Labute approximate surface area is 162 Å². The summed E-state index contributed by atoms with van der Waals surface area (Å²) in [7, 11) is 0. The van der Waals surface area contributed by atoms with Gasteiger partial charge in [-0.15, -0.1) is 0 Å². The first-order valence-corrected chi connectivity index (χ1v) is 8.89. The second-order valence-electron chi connectivity index (χ2n) is 5.43. The molecule has 7 nitrogen and oxygen atoms in total. The normalized spacial score (nSPS) is 10.2. The summed E-state index contributed by atoms with van der Waals surface area (Å²) in [5, 5.41) is 2.96. The van der Waals surface area contributed by atoms with E-state index in [9.17, 15) is 9.59 Å². The Morgan fingerprint density at radius 2 is 1.93 bits per heavy atom. The van der Waals surface area contributed by atoms with Crippen LogP contribution >= 0.6 is 11.6 Å². The van der Waals surface area contributed by atoms with Crippen LogP contribution in [0.1, 0.15) is 30.6 Å². The largest absolute Gasteiger partial charge is 0.490 e. The maximum absolute atomic E-state index is 12.2. The molecule has 1 amide bonds. The molecular weight excluding hydrogens is 372 g/mol. The molecule has 0 unspecified atom stereocenters. The highest BCUT2D eigenvalue weighted by atomic mass is 35.5. The Morgan fingerprint density at radius 1 is 1.11 bits per heavy atom. The molecule has 2 aromatic rings. The Balaban J connectivity index is 1.95. The molecule has 1 aromatic heterocycles. The van der Waals surface area contributed by atoms with Crippen molar-refractivity contribution < 1.29 is 23.8 Å². The number of hydrogen-bond acceptors (Lipinski definition) is 6. The first-order valence-electron chi connectivity index (χ1n) is 8.51. The first-order chi connectivity index (χ1) is 13.0. The lowest BCUT2D eigenvalue weighted by Crippen LogP contribution is -2.21. The van der Waals surface area contributed by atoms with Gasteiger partial charge in [0.05, 0.1) is 23.8 Å². The highest BCUT2D eigenvalue weighted by Crippen LogP contribution is 2.29. The lowest BCUT2D eigenvalue weighted by atomic mass is 10.2. The minimum atomic E-state index is -0.641. The van der Waals surface area contributed by atoms with Gasteiger partial charge < -0.3 is 19.5 Å². The molecule has 0 saturated heterocycles. The van der Waals surface area contributed by atoms with Gasteiger partial charge in [0.15, 0.2) is 18.1 Å². The zero-order valence-corrected chi connectivity index (χ0v) is 15.9. The smallest absolute Gasteiger partial charge is 0.338 e. The molecule has 1 N–H and O–H groups in total. The van der Waals surface area contributed by atoms with E-state index >= 15 is 0 Å². The quantitative estimate of drug-likeness (QED) is 0.654. The van der Waals surface area contributed by atoms with Crippen LogP contribution in [0.5, 0.6) is 11.5 Å². The van der Waals surface area contributed by atoms with Crippen molar-refractivity contribution in [2.75, 3.05) is 25.1 Å². The van der Waals surface area contributed by atoms with Crippen LogP contribution in [0, 0.1) is 0 Å². The molecule has 144 valence electrons. The molecule has 0 aliphatic rings. The SMILES string of the molecule is CCCOc1ccc(C(=O)OCC(=O)Nc2ccc(Cl)cn2)cc1OCC. The lowest BCUT2D eigenvalue weighted by molar-refractivity contribution is -0.119. The van der Waals surface area contributed by atoms with Crippen molar-refractivity contribution in [3.05, 3.63) is 47.1 Å². The van der Waals surface area contributed by atoms with E-state index < -0.39 is 18.5 Å². The number of anilines is 1. The number of carbonyl (C=O) groups is 2. The number of ether oxygens (including phenoxy) is 3. The third-order valence-corrected chi connectivity index (χ3v) is 3.49. The maximum Gasteiger partial charge on any atom is 0.338 e. The van der Waals surface area contributed by atoms with Crippen LogP contribution in [0.2, 0.25) is 5.02 Å². The average molecular weight is 393 g/mol. The van der Waals surface area contributed by atoms with E-state index in [1.165, 1.54) is 12.3 Å². The van der Waals surface area contributed by atoms with E-state index in [0.717, 1.165) is 6.42 Å². The van der Waals surface area contributed by atoms with Gasteiger partial charge in [0.2, 0.25) is 0 Å². The van der Waals surface area contributed by atoms with E-state index in [1.807, 2.05) is 13.8 Å². The van der Waals surface area contributed by atoms with Gasteiger partial charge in [-0.1, -0.05) is 18.5 Å². The van der Waals surface area contributed by atoms with Crippen LogP contribution < -0.4 is 14.8 Å². The second kappa shape index (κ2) is 10.4. The standard InChI is InChI=1S/C19H21ClN2O5/c1-3-9-26-15-7-5-13(10-16(15)25-4-2)19(24)27-12-18(23)22-17-8-6-14(20)11-21-17/h5-8,10-11H,3-4,9,12H2,1-2H3,(H,21,22,23). The molecule has 0 fully saturated rings. The summed E-state index contributed by atoms with van der Waals surface area (Å²) in [5.74, 6) is 0.178. The number of pyridine rings is 1. The third kappa shape index (κ3) is 6.45. The van der Waals surface area contributed by atoms with Crippen molar-refractivity contribution >= 4 is 29.3 Å². The van der Waals surface area contributed by atoms with E-state index in [-0.39, 0.29) is 5.56 Å². The number of rotatable bonds is 9. The van der Waals surface area contributed by atoms with Crippen LogP contribution in [-0.4, -0.2) is 36.7 Å². The maximum atomic E-state index is 12.2. The Kier molecular flexibility index (Phi) is 7.88. The summed E-state index contributed by atoms with van der Waals surface area (Å²) in [6.45, 7) is 4.36. The molecule has 1 aromatic carbocycles. The van der Waals surface area contributed by atoms with Crippen molar-refractivity contribution in [1.82, 2.24) is 4.98 Å². The van der Waals surface area contributed by atoms with Crippen LogP contribution in [0.4, 0.5) is 5.82 Å². The summed E-state index contributed by atoms with van der Waals surface area (Å²) in [6.07, 6.45) is 2.26. The predicted octanol–water partition coefficient (Wildman–Crippen LogP) is 3.72. The number of nitrogens with one attached hydrogen (secondary N) is 1. The van der Waals surface area contributed by atoms with Crippen molar-refractivity contribution in [3.63, 3.8) is 0 Å². The van der Waals surface area contributed by atoms with Crippen LogP contribution in [0.3, 0.4) is 0 Å². The molecule has 0 radical (unpaired) electrons. The summed E-state index contributed by atoms with van der Waals surface area (Å²) >= 11 is 5.73. The zero-order valence-electron chi connectivity index (χ0n) is 15.2. The molecule has 0 aliphatic carbocycles. The fraction of sp³-hybridized carbons (Fsp3) is 0.316. The van der Waals surface area contributed by atoms with E-state index in [0.29, 0.717) is 35.6 Å². The average Bonchev–Trinajstić information content (AvgIpc) is 2.67. The molecule has 0 aliphatic heterocycles. The van der Waals surface area contributed by atoms with Gasteiger partial charge in [0.1, 0.15) is 5.82 Å². The second-order valence-corrected chi connectivity index (χ2v) is 5.87. The lowest BCUT2D eigenvalue weighted by Gasteiger charge is -2.12. The van der Waals surface area contributed by atoms with Crippen molar-refractivity contribution in [3.8, 4) is 11.5 Å². The number of aromatic nitrogens is 1. The van der Waals surface area contributed by atoms with Gasteiger partial charge >= 0.3 is 5.97 Å². The van der Waals surface area contributed by atoms with Crippen molar-refractivity contribution in [1.29, 1.82) is 0 Å². The minimum absolute atomic E-state index is 0.264. The van der Waals surface area contributed by atoms with Gasteiger partial charge in [-0.05, 0) is 43.7 Å². The van der Waals surface area contributed by atoms with E-state index in [2.05, 4.69) is 10.3 Å². The summed E-state index contributed by atoms with van der Waals surface area (Å²) in [6, 6.07) is 7.89. The summed E-state index contributed by atoms with van der Waals surface area (Å²) in [5.41, 5.74) is 0.264. The number of hydrogen-bond donors (Lipinski definition) is 1. The summed E-state index contributed by atoms with van der Waals surface area (Å²) < 4.78 is 16.1. The van der Waals surface area contributed by atoms with Crippen LogP contribution in [-0.2, 0) is 9.53 Å². The molecule has 0 bridgehead atoms. The molecule has 27 heavy (non-hydrogen) atoms. The number of halogens is 1. The first kappa shape index (κ1) is 20.5. The monoisotopic (exact) mass is 392 g/mol. The molecule has 0 atom stereocenters. The van der Waals surface area contributed by atoms with Crippen LogP contribution in [0.25, 0.3) is 0 Å². The van der Waals surface area contributed by atoms with Crippen LogP contribution in [0.15, 0.2) is 36.5 Å². The molecular formula is C19H21ClN2O5. The Bertz CT molecular complexity index is 780. The number of carbonyl (C=O) groups excluding carboxylic acids is 2. The topological polar surface area (TPSA) is 86.8 Å². The third-order valence-electron chi connectivity index (χ3n) is 3.27. The molecule has 0 saturated carbocycles. The molecule has 1 heterocycles. The molecule has 0 spiro atoms. The highest BCUT2D eigenvalue weighted by Gasteiger charge is 2.14. The number of nitrogens with zero attached hydrogens (tertiary/aromatic N) is 1. The van der Waals surface area contributed by atoms with E-state index in [1.54, 1.807) is 24.3 Å². The summed E-state index contributed by atoms with van der Waals surface area (Å²) in [4.78, 5) is 28.0. The van der Waals surface area contributed by atoms with E-state index in [4.69, 9.17) is 25.8 Å². The number of amides is 1.